The highest BCUT2D eigenvalue weighted by Crippen LogP contribution is 2.34. The van der Waals surface area contributed by atoms with Crippen LogP contribution >= 0.6 is 11.8 Å². The minimum absolute atomic E-state index is 0.166. The fourth-order valence-corrected chi connectivity index (χ4v) is 2.40. The van der Waals surface area contributed by atoms with Gasteiger partial charge in [0, 0.05) is 9.79 Å². The lowest BCUT2D eigenvalue weighted by atomic mass is 10.3. The standard InChI is InChI=1S/C15H13F2NS/c1-11(15(16)17)18-13-9-5-6-10-14(13)19-12-7-3-2-4-8-12/h2-10,15H,1H3/b18-11+. The highest BCUT2D eigenvalue weighted by Gasteiger charge is 2.09. The van der Waals surface area contributed by atoms with Crippen LogP contribution in [0.4, 0.5) is 14.5 Å². The minimum atomic E-state index is -2.52. The molecule has 0 spiro atoms. The van der Waals surface area contributed by atoms with Gasteiger partial charge in [-0.3, -0.25) is 4.99 Å². The van der Waals surface area contributed by atoms with Gasteiger partial charge in [0.25, 0.3) is 6.43 Å². The quantitative estimate of drug-likeness (QED) is 0.700. The summed E-state index contributed by atoms with van der Waals surface area (Å²) >= 11 is 1.52. The van der Waals surface area contributed by atoms with Gasteiger partial charge in [0.2, 0.25) is 0 Å². The van der Waals surface area contributed by atoms with Gasteiger partial charge in [-0.15, -0.1) is 0 Å². The average molecular weight is 277 g/mol. The SMILES string of the molecule is C/C(=N\c1ccccc1Sc1ccccc1)C(F)F. The summed E-state index contributed by atoms with van der Waals surface area (Å²) in [7, 11) is 0. The molecule has 98 valence electrons. The highest BCUT2D eigenvalue weighted by atomic mass is 32.2. The maximum absolute atomic E-state index is 12.5. The van der Waals surface area contributed by atoms with Crippen molar-refractivity contribution in [2.24, 2.45) is 4.99 Å². The van der Waals surface area contributed by atoms with Crippen molar-refractivity contribution in [1.29, 1.82) is 0 Å². The van der Waals surface area contributed by atoms with Crippen LogP contribution in [-0.2, 0) is 0 Å². The molecule has 0 heterocycles. The second kappa shape index (κ2) is 6.48. The molecule has 0 N–H and O–H groups in total. The molecule has 0 aromatic heterocycles. The molecule has 0 unspecified atom stereocenters. The van der Waals surface area contributed by atoms with Crippen molar-refractivity contribution in [3.63, 3.8) is 0 Å². The van der Waals surface area contributed by atoms with Gasteiger partial charge in [0.05, 0.1) is 11.4 Å². The molecule has 4 heteroatoms. The number of hydrogen-bond acceptors (Lipinski definition) is 2. The Bertz CT molecular complexity index is 567. The first kappa shape index (κ1) is 13.7. The topological polar surface area (TPSA) is 12.4 Å². The zero-order valence-electron chi connectivity index (χ0n) is 10.4. The van der Waals surface area contributed by atoms with Gasteiger partial charge in [-0.25, -0.2) is 8.78 Å². The largest absolute Gasteiger partial charge is 0.276 e. The predicted molar refractivity (Wildman–Crippen MR) is 75.8 cm³/mol. The number of alkyl halides is 2. The molecule has 0 saturated heterocycles. The van der Waals surface area contributed by atoms with Gasteiger partial charge in [-0.1, -0.05) is 42.1 Å². The molecule has 0 radical (unpaired) electrons. The summed E-state index contributed by atoms with van der Waals surface area (Å²) in [5.74, 6) is 0. The van der Waals surface area contributed by atoms with Crippen LogP contribution in [0.25, 0.3) is 0 Å². The van der Waals surface area contributed by atoms with Gasteiger partial charge in [-0.05, 0) is 31.2 Å². The molecular formula is C15H13F2NS. The Morgan fingerprint density at radius 3 is 2.32 bits per heavy atom. The lowest BCUT2D eigenvalue weighted by Gasteiger charge is -2.06. The molecule has 1 nitrogen and oxygen atoms in total. The number of aliphatic imine (C=N–C) groups is 1. The van der Waals surface area contributed by atoms with E-state index in [1.54, 1.807) is 12.1 Å². The third kappa shape index (κ3) is 3.89. The first-order valence-electron chi connectivity index (χ1n) is 5.82. The smallest absolute Gasteiger partial charge is 0.251 e. The Morgan fingerprint density at radius 2 is 1.63 bits per heavy atom. The van der Waals surface area contributed by atoms with E-state index in [2.05, 4.69) is 4.99 Å². The molecule has 0 aliphatic carbocycles. The molecule has 0 amide bonds. The normalized spacial score (nSPS) is 11.9. The molecule has 0 aliphatic heterocycles. The lowest BCUT2D eigenvalue weighted by Crippen LogP contribution is -2.03. The highest BCUT2D eigenvalue weighted by molar-refractivity contribution is 7.99. The van der Waals surface area contributed by atoms with Gasteiger partial charge >= 0.3 is 0 Å². The summed E-state index contributed by atoms with van der Waals surface area (Å²) < 4.78 is 25.1. The second-order valence-corrected chi connectivity index (χ2v) is 5.05. The van der Waals surface area contributed by atoms with E-state index in [4.69, 9.17) is 0 Å². The Morgan fingerprint density at radius 1 is 1.00 bits per heavy atom. The Balaban J connectivity index is 2.29. The summed E-state index contributed by atoms with van der Waals surface area (Å²) in [4.78, 5) is 5.93. The van der Waals surface area contributed by atoms with Crippen LogP contribution in [0.3, 0.4) is 0 Å². The van der Waals surface area contributed by atoms with Gasteiger partial charge < -0.3 is 0 Å². The number of halogens is 2. The molecule has 2 aromatic rings. The number of rotatable bonds is 4. The third-order valence-corrected chi connectivity index (χ3v) is 3.52. The summed E-state index contributed by atoms with van der Waals surface area (Å²) in [6.45, 7) is 1.34. The molecule has 0 fully saturated rings. The summed E-state index contributed by atoms with van der Waals surface area (Å²) in [5, 5.41) is 0. The first-order valence-corrected chi connectivity index (χ1v) is 6.64. The number of benzene rings is 2. The molecule has 2 rings (SSSR count). The van der Waals surface area contributed by atoms with E-state index in [0.29, 0.717) is 5.69 Å². The Labute approximate surface area is 115 Å². The van der Waals surface area contributed by atoms with E-state index in [-0.39, 0.29) is 5.71 Å². The number of hydrogen-bond donors (Lipinski definition) is 0. The molecule has 0 aliphatic rings. The van der Waals surface area contributed by atoms with E-state index >= 15 is 0 Å². The fourth-order valence-electron chi connectivity index (χ4n) is 1.49. The molecule has 2 aromatic carbocycles. The summed E-state index contributed by atoms with van der Waals surface area (Å²) in [5.41, 5.74) is 0.412. The predicted octanol–water partition coefficient (Wildman–Crippen LogP) is 5.20. The molecule has 0 atom stereocenters. The van der Waals surface area contributed by atoms with Crippen molar-refractivity contribution >= 4 is 23.2 Å². The number of nitrogens with zero attached hydrogens (tertiary/aromatic N) is 1. The lowest BCUT2D eigenvalue weighted by molar-refractivity contribution is 0.225. The van der Waals surface area contributed by atoms with Crippen molar-refractivity contribution in [2.75, 3.05) is 0 Å². The van der Waals surface area contributed by atoms with Crippen molar-refractivity contribution in [2.45, 2.75) is 23.1 Å². The van der Waals surface area contributed by atoms with Crippen molar-refractivity contribution in [1.82, 2.24) is 0 Å². The Kier molecular flexibility index (Phi) is 4.68. The van der Waals surface area contributed by atoms with Crippen LogP contribution < -0.4 is 0 Å². The molecule has 19 heavy (non-hydrogen) atoms. The fraction of sp³-hybridized carbons (Fsp3) is 0.133. The van der Waals surface area contributed by atoms with E-state index in [0.717, 1.165) is 9.79 Å². The molecular weight excluding hydrogens is 264 g/mol. The van der Waals surface area contributed by atoms with Crippen LogP contribution in [0.1, 0.15) is 6.92 Å². The zero-order valence-corrected chi connectivity index (χ0v) is 11.2. The minimum Gasteiger partial charge on any atom is -0.251 e. The second-order valence-electron chi connectivity index (χ2n) is 3.94. The van der Waals surface area contributed by atoms with Crippen LogP contribution in [0.2, 0.25) is 0 Å². The van der Waals surface area contributed by atoms with Crippen LogP contribution in [0, 0.1) is 0 Å². The van der Waals surface area contributed by atoms with E-state index in [1.807, 2.05) is 42.5 Å². The Hall–Kier alpha value is -1.68. The monoisotopic (exact) mass is 277 g/mol. The summed E-state index contributed by atoms with van der Waals surface area (Å²) in [6, 6.07) is 17.1. The maximum atomic E-state index is 12.5. The number of para-hydroxylation sites is 1. The average Bonchev–Trinajstić information content (AvgIpc) is 2.42. The van der Waals surface area contributed by atoms with Crippen LogP contribution in [0.5, 0.6) is 0 Å². The van der Waals surface area contributed by atoms with Crippen LogP contribution in [0.15, 0.2) is 69.4 Å². The molecule has 0 bridgehead atoms. The maximum Gasteiger partial charge on any atom is 0.276 e. The zero-order chi connectivity index (χ0) is 13.7. The van der Waals surface area contributed by atoms with Crippen LogP contribution in [-0.4, -0.2) is 12.1 Å². The van der Waals surface area contributed by atoms with Gasteiger partial charge in [-0.2, -0.15) is 0 Å². The van der Waals surface area contributed by atoms with Gasteiger partial charge in [0.15, 0.2) is 0 Å². The third-order valence-electron chi connectivity index (χ3n) is 2.45. The van der Waals surface area contributed by atoms with Crippen molar-refractivity contribution in [3.8, 4) is 0 Å². The van der Waals surface area contributed by atoms with Crippen molar-refractivity contribution < 1.29 is 8.78 Å². The van der Waals surface area contributed by atoms with Gasteiger partial charge in [0.1, 0.15) is 0 Å². The van der Waals surface area contributed by atoms with E-state index in [1.165, 1.54) is 18.7 Å². The van der Waals surface area contributed by atoms with E-state index < -0.39 is 6.43 Å². The summed E-state index contributed by atoms with van der Waals surface area (Å²) in [6.07, 6.45) is -2.52. The molecule has 0 saturated carbocycles. The van der Waals surface area contributed by atoms with E-state index in [9.17, 15) is 8.78 Å². The van der Waals surface area contributed by atoms with Crippen molar-refractivity contribution in [3.05, 3.63) is 54.6 Å². The first-order chi connectivity index (χ1) is 9.16.